The molecule has 0 unspecified atom stereocenters. The summed E-state index contributed by atoms with van der Waals surface area (Å²) in [5.41, 5.74) is 0.556. The van der Waals surface area contributed by atoms with Crippen molar-refractivity contribution >= 4 is 23.2 Å². The zero-order valence-corrected chi connectivity index (χ0v) is 9.29. The van der Waals surface area contributed by atoms with Gasteiger partial charge in [0.05, 0.1) is 15.6 Å². The van der Waals surface area contributed by atoms with E-state index in [4.69, 9.17) is 23.2 Å². The van der Waals surface area contributed by atoms with Gasteiger partial charge in [-0.2, -0.15) is 0 Å². The van der Waals surface area contributed by atoms with Gasteiger partial charge in [0, 0.05) is 0 Å². The zero-order chi connectivity index (χ0) is 10.8. The maximum Gasteiger partial charge on any atom is 0.206 e. The first-order chi connectivity index (χ1) is 7.18. The molecule has 0 bridgehead atoms. The zero-order valence-electron chi connectivity index (χ0n) is 7.78. The lowest BCUT2D eigenvalue weighted by molar-refractivity contribution is 0.816. The van der Waals surface area contributed by atoms with Crippen molar-refractivity contribution in [1.29, 1.82) is 0 Å². The first-order valence-corrected chi connectivity index (χ1v) is 4.92. The molecule has 4 nitrogen and oxygen atoms in total. The van der Waals surface area contributed by atoms with Crippen LogP contribution in [0.2, 0.25) is 10.0 Å². The highest BCUT2D eigenvalue weighted by Gasteiger charge is 2.11. The van der Waals surface area contributed by atoms with Gasteiger partial charge in [-0.05, 0) is 19.1 Å². The smallest absolute Gasteiger partial charge is 0.131 e. The van der Waals surface area contributed by atoms with E-state index in [1.165, 1.54) is 0 Å². The van der Waals surface area contributed by atoms with Crippen LogP contribution in [0, 0.1) is 6.92 Å². The molecule has 0 atom stereocenters. The van der Waals surface area contributed by atoms with Crippen LogP contribution in [0.5, 0.6) is 0 Å². The number of benzene rings is 1. The summed E-state index contributed by atoms with van der Waals surface area (Å²) >= 11 is 12.0. The first-order valence-electron chi connectivity index (χ1n) is 4.17. The topological polar surface area (TPSA) is 51.6 Å². The minimum atomic E-state index is 0.330. The molecule has 0 saturated heterocycles. The summed E-state index contributed by atoms with van der Waals surface area (Å²) in [6.07, 6.45) is 0. The Morgan fingerprint density at radius 2 is 1.47 bits per heavy atom. The van der Waals surface area contributed by atoms with Gasteiger partial charge in [0.1, 0.15) is 0 Å². The lowest BCUT2D eigenvalue weighted by atomic mass is 10.2. The number of aryl methyl sites for hydroxylation is 1. The van der Waals surface area contributed by atoms with Crippen LogP contribution in [0.4, 0.5) is 0 Å². The summed E-state index contributed by atoms with van der Waals surface area (Å²) in [6, 6.07) is 5.18. The molecule has 0 N–H and O–H groups in total. The second kappa shape index (κ2) is 4.08. The second-order valence-corrected chi connectivity index (χ2v) is 3.68. The molecule has 2 aromatic rings. The molecule has 0 amide bonds. The van der Waals surface area contributed by atoms with Crippen LogP contribution >= 0.6 is 23.2 Å². The van der Waals surface area contributed by atoms with Crippen molar-refractivity contribution in [3.8, 4) is 11.4 Å². The Balaban J connectivity index is 2.58. The number of nitrogens with zero attached hydrogens (tertiary/aromatic N) is 4. The van der Waals surface area contributed by atoms with Crippen molar-refractivity contribution in [1.82, 2.24) is 20.4 Å². The van der Waals surface area contributed by atoms with Gasteiger partial charge in [-0.1, -0.05) is 29.3 Å². The maximum absolute atomic E-state index is 5.98. The molecule has 0 saturated carbocycles. The van der Waals surface area contributed by atoms with Crippen molar-refractivity contribution in [3.05, 3.63) is 34.1 Å². The van der Waals surface area contributed by atoms with Crippen molar-refractivity contribution in [2.45, 2.75) is 6.92 Å². The van der Waals surface area contributed by atoms with Gasteiger partial charge in [-0.3, -0.25) is 0 Å². The van der Waals surface area contributed by atoms with E-state index in [1.54, 1.807) is 25.1 Å². The largest absolute Gasteiger partial charge is 0.206 e. The highest BCUT2D eigenvalue weighted by molar-refractivity contribution is 6.38. The molecule has 1 aromatic heterocycles. The van der Waals surface area contributed by atoms with E-state index in [2.05, 4.69) is 20.4 Å². The van der Waals surface area contributed by atoms with Gasteiger partial charge >= 0.3 is 0 Å². The second-order valence-electron chi connectivity index (χ2n) is 2.87. The van der Waals surface area contributed by atoms with E-state index < -0.39 is 0 Å². The van der Waals surface area contributed by atoms with Crippen molar-refractivity contribution < 1.29 is 0 Å². The summed E-state index contributed by atoms with van der Waals surface area (Å²) in [4.78, 5) is 0. The fourth-order valence-corrected chi connectivity index (χ4v) is 1.66. The molecule has 76 valence electrons. The standard InChI is InChI=1S/C9H6Cl2N4/c1-5-12-14-9(15-13-5)8-6(10)3-2-4-7(8)11/h2-4H,1H3. The van der Waals surface area contributed by atoms with E-state index in [1.807, 2.05) is 0 Å². The summed E-state index contributed by atoms with van der Waals surface area (Å²) in [5, 5.41) is 16.3. The molecule has 0 fully saturated rings. The predicted octanol–water partition coefficient (Wildman–Crippen LogP) is 2.55. The van der Waals surface area contributed by atoms with E-state index >= 15 is 0 Å². The molecular weight excluding hydrogens is 235 g/mol. The van der Waals surface area contributed by atoms with Crippen LogP contribution in [-0.2, 0) is 0 Å². The number of hydrogen-bond acceptors (Lipinski definition) is 4. The monoisotopic (exact) mass is 240 g/mol. The number of hydrogen-bond donors (Lipinski definition) is 0. The van der Waals surface area contributed by atoms with Crippen molar-refractivity contribution in [2.24, 2.45) is 0 Å². The Morgan fingerprint density at radius 1 is 0.933 bits per heavy atom. The van der Waals surface area contributed by atoms with Gasteiger partial charge in [0.25, 0.3) is 0 Å². The quantitative estimate of drug-likeness (QED) is 0.769. The number of aromatic nitrogens is 4. The Hall–Kier alpha value is -1.26. The Kier molecular flexibility index (Phi) is 2.79. The Bertz CT molecular complexity index is 464. The molecule has 0 aliphatic carbocycles. The van der Waals surface area contributed by atoms with Crippen LogP contribution in [0.3, 0.4) is 0 Å². The maximum atomic E-state index is 5.98. The summed E-state index contributed by atoms with van der Waals surface area (Å²) in [5.74, 6) is 0.832. The SMILES string of the molecule is Cc1nnc(-c2c(Cl)cccc2Cl)nn1. The van der Waals surface area contributed by atoms with E-state index in [-0.39, 0.29) is 0 Å². The van der Waals surface area contributed by atoms with Crippen molar-refractivity contribution in [3.63, 3.8) is 0 Å². The van der Waals surface area contributed by atoms with Gasteiger partial charge in [0.2, 0.25) is 5.82 Å². The van der Waals surface area contributed by atoms with Gasteiger partial charge in [0.15, 0.2) is 5.82 Å². The lowest BCUT2D eigenvalue weighted by Gasteiger charge is -2.03. The third-order valence-corrected chi connectivity index (χ3v) is 2.40. The van der Waals surface area contributed by atoms with Crippen LogP contribution in [0.15, 0.2) is 18.2 Å². The molecule has 0 spiro atoms. The van der Waals surface area contributed by atoms with E-state index in [0.29, 0.717) is 27.3 Å². The fourth-order valence-electron chi connectivity index (χ4n) is 1.09. The number of halogens is 2. The molecule has 6 heteroatoms. The minimum absolute atomic E-state index is 0.330. The molecular formula is C9H6Cl2N4. The van der Waals surface area contributed by atoms with Gasteiger partial charge in [-0.15, -0.1) is 20.4 Å². The third-order valence-electron chi connectivity index (χ3n) is 1.77. The average Bonchev–Trinajstić information content (AvgIpc) is 2.20. The van der Waals surface area contributed by atoms with Gasteiger partial charge in [-0.25, -0.2) is 0 Å². The molecule has 15 heavy (non-hydrogen) atoms. The first kappa shape index (κ1) is 10.3. The highest BCUT2D eigenvalue weighted by atomic mass is 35.5. The predicted molar refractivity (Wildman–Crippen MR) is 57.8 cm³/mol. The number of rotatable bonds is 1. The lowest BCUT2D eigenvalue weighted by Crippen LogP contribution is -1.99. The van der Waals surface area contributed by atoms with E-state index in [0.717, 1.165) is 0 Å². The normalized spacial score (nSPS) is 10.3. The molecule has 0 aliphatic heterocycles. The molecule has 0 aliphatic rings. The Morgan fingerprint density at radius 3 is 2.00 bits per heavy atom. The summed E-state index contributed by atoms with van der Waals surface area (Å²) < 4.78 is 0. The molecule has 1 heterocycles. The minimum Gasteiger partial charge on any atom is -0.131 e. The molecule has 2 rings (SSSR count). The van der Waals surface area contributed by atoms with Crippen LogP contribution in [0.1, 0.15) is 5.82 Å². The fraction of sp³-hybridized carbons (Fsp3) is 0.111. The average molecular weight is 241 g/mol. The Labute approximate surface area is 96.3 Å². The summed E-state index contributed by atoms with van der Waals surface area (Å²) in [6.45, 7) is 1.71. The van der Waals surface area contributed by atoms with E-state index in [9.17, 15) is 0 Å². The van der Waals surface area contributed by atoms with Crippen molar-refractivity contribution in [2.75, 3.05) is 0 Å². The highest BCUT2D eigenvalue weighted by Crippen LogP contribution is 2.31. The third kappa shape index (κ3) is 2.06. The van der Waals surface area contributed by atoms with Crippen LogP contribution < -0.4 is 0 Å². The molecule has 1 aromatic carbocycles. The summed E-state index contributed by atoms with van der Waals surface area (Å²) in [7, 11) is 0. The van der Waals surface area contributed by atoms with Crippen LogP contribution in [0.25, 0.3) is 11.4 Å². The molecule has 0 radical (unpaired) electrons. The van der Waals surface area contributed by atoms with Crippen LogP contribution in [-0.4, -0.2) is 20.4 Å². The van der Waals surface area contributed by atoms with Gasteiger partial charge < -0.3 is 0 Å².